The van der Waals surface area contributed by atoms with Crippen molar-refractivity contribution in [1.29, 1.82) is 5.26 Å². The highest BCUT2D eigenvalue weighted by atomic mass is 79.9. The van der Waals surface area contributed by atoms with E-state index < -0.39 is 12.1 Å². The van der Waals surface area contributed by atoms with Crippen molar-refractivity contribution in [2.75, 3.05) is 18.5 Å². The van der Waals surface area contributed by atoms with E-state index in [1.54, 1.807) is 13.0 Å². The van der Waals surface area contributed by atoms with Crippen molar-refractivity contribution >= 4 is 21.9 Å². The fourth-order valence-corrected chi connectivity index (χ4v) is 0.725. The van der Waals surface area contributed by atoms with Crippen LogP contribution >= 0.6 is 15.9 Å². The minimum atomic E-state index is -1.09. The fourth-order valence-electron chi connectivity index (χ4n) is 0.538. The van der Waals surface area contributed by atoms with Crippen LogP contribution in [0.2, 0.25) is 0 Å². The fraction of sp³-hybridized carbons (Fsp3) is 0.714. The number of hydrogen-bond acceptors (Lipinski definition) is 4. The van der Waals surface area contributed by atoms with Gasteiger partial charge in [-0.3, -0.25) is 0 Å². The Morgan fingerprint density at radius 2 is 2.42 bits per heavy atom. The van der Waals surface area contributed by atoms with Gasteiger partial charge in [0.05, 0.1) is 13.2 Å². The lowest BCUT2D eigenvalue weighted by Gasteiger charge is -2.07. The molecule has 0 radical (unpaired) electrons. The van der Waals surface area contributed by atoms with Crippen LogP contribution in [-0.2, 0) is 14.3 Å². The minimum Gasteiger partial charge on any atom is -0.463 e. The molecule has 0 heterocycles. The van der Waals surface area contributed by atoms with Crippen LogP contribution in [0, 0.1) is 11.3 Å². The molecule has 4 nitrogen and oxygen atoms in total. The van der Waals surface area contributed by atoms with Crippen LogP contribution in [0.5, 0.6) is 0 Å². The number of carbonyl (C=O) groups excluding carboxylic acids is 1. The quantitative estimate of drug-likeness (QED) is 0.524. The van der Waals surface area contributed by atoms with E-state index in [1.807, 2.05) is 0 Å². The molecule has 0 saturated carbocycles. The molecule has 12 heavy (non-hydrogen) atoms. The van der Waals surface area contributed by atoms with E-state index in [1.165, 1.54) is 0 Å². The SMILES string of the molecule is CCOC(=O)C(C#N)OCCBr. The van der Waals surface area contributed by atoms with Gasteiger partial charge in [-0.25, -0.2) is 4.79 Å². The minimum absolute atomic E-state index is 0.259. The van der Waals surface area contributed by atoms with Crippen molar-refractivity contribution in [3.8, 4) is 6.07 Å². The molecule has 0 aromatic rings. The van der Waals surface area contributed by atoms with Crippen LogP contribution in [-0.4, -0.2) is 30.6 Å². The number of nitriles is 1. The van der Waals surface area contributed by atoms with Crippen LogP contribution in [0.3, 0.4) is 0 Å². The lowest BCUT2D eigenvalue weighted by molar-refractivity contribution is -0.152. The van der Waals surface area contributed by atoms with E-state index in [-0.39, 0.29) is 6.61 Å². The number of carbonyl (C=O) groups is 1. The van der Waals surface area contributed by atoms with Gasteiger partial charge in [-0.1, -0.05) is 15.9 Å². The summed E-state index contributed by atoms with van der Waals surface area (Å²) in [5, 5.41) is 9.05. The summed E-state index contributed by atoms with van der Waals surface area (Å²) in [6.45, 7) is 2.25. The van der Waals surface area contributed by atoms with E-state index >= 15 is 0 Å². The van der Waals surface area contributed by atoms with Gasteiger partial charge in [0.15, 0.2) is 0 Å². The van der Waals surface area contributed by atoms with Crippen molar-refractivity contribution < 1.29 is 14.3 Å². The number of esters is 1. The highest BCUT2D eigenvalue weighted by Crippen LogP contribution is 1.95. The zero-order valence-electron chi connectivity index (χ0n) is 6.75. The number of ether oxygens (including phenoxy) is 2. The lowest BCUT2D eigenvalue weighted by atomic mass is 10.4. The number of alkyl halides is 1. The maximum atomic E-state index is 10.9. The molecule has 0 spiro atoms. The third-order valence-electron chi connectivity index (χ3n) is 0.980. The molecule has 0 aliphatic heterocycles. The molecule has 0 N–H and O–H groups in total. The summed E-state index contributed by atoms with van der Waals surface area (Å²) >= 11 is 3.11. The van der Waals surface area contributed by atoms with Crippen molar-refractivity contribution in [3.05, 3.63) is 0 Å². The van der Waals surface area contributed by atoms with Gasteiger partial charge < -0.3 is 9.47 Å². The Bertz CT molecular complexity index is 178. The predicted octanol–water partition coefficient (Wildman–Crippen LogP) is 0.853. The van der Waals surface area contributed by atoms with Crippen LogP contribution < -0.4 is 0 Å². The van der Waals surface area contributed by atoms with Gasteiger partial charge in [-0.05, 0) is 6.92 Å². The van der Waals surface area contributed by atoms with E-state index in [2.05, 4.69) is 20.7 Å². The first kappa shape index (κ1) is 11.4. The molecule has 0 aromatic heterocycles. The van der Waals surface area contributed by atoms with E-state index in [9.17, 15) is 4.79 Å². The standard InChI is InChI=1S/C7H10BrNO3/c1-2-11-7(10)6(5-9)12-4-3-8/h6H,2-4H2,1H3. The normalized spacial score (nSPS) is 11.8. The Kier molecular flexibility index (Phi) is 6.72. The second-order valence-corrected chi connectivity index (χ2v) is 2.61. The summed E-state index contributed by atoms with van der Waals surface area (Å²) in [4.78, 5) is 10.9. The second kappa shape index (κ2) is 7.07. The first-order valence-electron chi connectivity index (χ1n) is 3.50. The van der Waals surface area contributed by atoms with Gasteiger partial charge in [0.1, 0.15) is 6.07 Å². The van der Waals surface area contributed by atoms with Crippen molar-refractivity contribution in [1.82, 2.24) is 0 Å². The molecular weight excluding hydrogens is 226 g/mol. The average Bonchev–Trinajstić information content (AvgIpc) is 2.06. The Labute approximate surface area is 79.6 Å². The molecule has 0 aliphatic carbocycles. The van der Waals surface area contributed by atoms with E-state index in [0.29, 0.717) is 11.9 Å². The molecule has 0 amide bonds. The highest BCUT2D eigenvalue weighted by Gasteiger charge is 2.18. The summed E-state index contributed by atoms with van der Waals surface area (Å²) in [5.41, 5.74) is 0. The van der Waals surface area contributed by atoms with Gasteiger partial charge in [-0.2, -0.15) is 5.26 Å². The summed E-state index contributed by atoms with van der Waals surface area (Å²) in [5.74, 6) is -0.624. The molecule has 0 rings (SSSR count). The Balaban J connectivity index is 3.81. The maximum Gasteiger partial charge on any atom is 0.350 e. The Morgan fingerprint density at radius 3 is 2.83 bits per heavy atom. The largest absolute Gasteiger partial charge is 0.463 e. The molecule has 68 valence electrons. The smallest absolute Gasteiger partial charge is 0.350 e. The highest BCUT2D eigenvalue weighted by molar-refractivity contribution is 9.09. The number of halogens is 1. The zero-order valence-corrected chi connectivity index (χ0v) is 8.33. The van der Waals surface area contributed by atoms with Crippen molar-refractivity contribution in [2.45, 2.75) is 13.0 Å². The number of rotatable bonds is 5. The van der Waals surface area contributed by atoms with Crippen LogP contribution in [0.15, 0.2) is 0 Å². The molecule has 0 fully saturated rings. The first-order chi connectivity index (χ1) is 5.76. The van der Waals surface area contributed by atoms with Gasteiger partial charge in [0, 0.05) is 5.33 Å². The van der Waals surface area contributed by atoms with Crippen LogP contribution in [0.1, 0.15) is 6.92 Å². The summed E-state index contributed by atoms with van der Waals surface area (Å²) in [7, 11) is 0. The molecule has 0 aromatic carbocycles. The van der Waals surface area contributed by atoms with Crippen molar-refractivity contribution in [3.63, 3.8) is 0 Å². The van der Waals surface area contributed by atoms with Gasteiger partial charge in [0.2, 0.25) is 6.10 Å². The summed E-state index contributed by atoms with van der Waals surface area (Å²) in [6.07, 6.45) is -1.09. The maximum absolute atomic E-state index is 10.9. The molecule has 0 bridgehead atoms. The topological polar surface area (TPSA) is 59.3 Å². The number of hydrogen-bond donors (Lipinski definition) is 0. The molecule has 1 unspecified atom stereocenters. The van der Waals surface area contributed by atoms with Gasteiger partial charge >= 0.3 is 5.97 Å². The molecule has 5 heteroatoms. The third kappa shape index (κ3) is 4.31. The predicted molar refractivity (Wildman–Crippen MR) is 45.8 cm³/mol. The van der Waals surface area contributed by atoms with E-state index in [4.69, 9.17) is 10.00 Å². The second-order valence-electron chi connectivity index (χ2n) is 1.82. The summed E-state index contributed by atoms with van der Waals surface area (Å²) < 4.78 is 9.46. The summed E-state index contributed by atoms with van der Waals surface area (Å²) in [6, 6.07) is 1.70. The van der Waals surface area contributed by atoms with E-state index in [0.717, 1.165) is 0 Å². The Hall–Kier alpha value is -0.600. The molecular formula is C7H10BrNO3. The zero-order chi connectivity index (χ0) is 9.40. The van der Waals surface area contributed by atoms with Gasteiger partial charge in [-0.15, -0.1) is 0 Å². The Morgan fingerprint density at radius 1 is 1.75 bits per heavy atom. The first-order valence-corrected chi connectivity index (χ1v) is 4.62. The van der Waals surface area contributed by atoms with Crippen LogP contribution in [0.4, 0.5) is 0 Å². The van der Waals surface area contributed by atoms with Crippen LogP contribution in [0.25, 0.3) is 0 Å². The average molecular weight is 236 g/mol. The van der Waals surface area contributed by atoms with Gasteiger partial charge in [0.25, 0.3) is 0 Å². The lowest BCUT2D eigenvalue weighted by Crippen LogP contribution is -2.25. The van der Waals surface area contributed by atoms with Crippen molar-refractivity contribution in [2.24, 2.45) is 0 Å². The molecule has 0 aliphatic rings. The third-order valence-corrected chi connectivity index (χ3v) is 1.30. The monoisotopic (exact) mass is 235 g/mol. The number of nitrogens with zero attached hydrogens (tertiary/aromatic N) is 1. The molecule has 0 saturated heterocycles. The molecule has 1 atom stereocenters.